The van der Waals surface area contributed by atoms with Crippen molar-refractivity contribution in [2.75, 3.05) is 31.2 Å². The fraction of sp³-hybridized carbons (Fsp3) is 0.207. The number of imidazole rings is 1. The molecule has 0 unspecified atom stereocenters. The number of aryl methyl sites for hydroxylation is 1. The van der Waals surface area contributed by atoms with Gasteiger partial charge in [0.05, 0.1) is 47.8 Å². The SMILES string of the molecule is CC(=O)N1/C(=C\c2cc(-c3cn(C)cn3)c3cc(C(=O)N4CCOCC4)ccc3n2)C(=O)c2ccccc21. The summed E-state index contributed by atoms with van der Waals surface area (Å²) in [6, 6.07) is 14.3. The number of Topliss-reactive ketones (excluding diaryl/α,β-unsaturated/α-hetero) is 1. The highest BCUT2D eigenvalue weighted by atomic mass is 16.5. The van der Waals surface area contributed by atoms with E-state index in [4.69, 9.17) is 9.72 Å². The number of allylic oxidation sites excluding steroid dienone is 1. The number of carbonyl (C=O) groups is 3. The first-order valence-electron chi connectivity index (χ1n) is 12.4. The molecule has 2 aliphatic heterocycles. The maximum absolute atomic E-state index is 13.3. The van der Waals surface area contributed by atoms with Crippen molar-refractivity contribution in [1.29, 1.82) is 0 Å². The Balaban J connectivity index is 1.49. The molecular formula is C29H25N5O4. The second-order valence-corrected chi connectivity index (χ2v) is 9.39. The van der Waals surface area contributed by atoms with E-state index < -0.39 is 0 Å². The fourth-order valence-electron chi connectivity index (χ4n) is 5.01. The predicted octanol–water partition coefficient (Wildman–Crippen LogP) is 3.70. The Hall–Kier alpha value is -4.63. The van der Waals surface area contributed by atoms with E-state index in [1.54, 1.807) is 47.6 Å². The van der Waals surface area contributed by atoms with Crippen molar-refractivity contribution in [1.82, 2.24) is 19.4 Å². The minimum absolute atomic E-state index is 0.0558. The van der Waals surface area contributed by atoms with Crippen LogP contribution >= 0.6 is 0 Å². The van der Waals surface area contributed by atoms with Gasteiger partial charge in [-0.25, -0.2) is 9.97 Å². The molecule has 190 valence electrons. The molecule has 0 radical (unpaired) electrons. The number of para-hydroxylation sites is 1. The van der Waals surface area contributed by atoms with E-state index in [2.05, 4.69) is 4.98 Å². The number of ketones is 1. The lowest BCUT2D eigenvalue weighted by Crippen LogP contribution is -2.40. The normalized spacial score (nSPS) is 16.4. The molecule has 0 spiro atoms. The first-order valence-corrected chi connectivity index (χ1v) is 12.4. The molecule has 2 amide bonds. The van der Waals surface area contributed by atoms with E-state index in [0.717, 1.165) is 10.9 Å². The number of pyridine rings is 1. The van der Waals surface area contributed by atoms with Gasteiger partial charge in [-0.05, 0) is 42.5 Å². The second-order valence-electron chi connectivity index (χ2n) is 9.39. The summed E-state index contributed by atoms with van der Waals surface area (Å²) < 4.78 is 7.23. The fourth-order valence-corrected chi connectivity index (χ4v) is 5.01. The average molecular weight is 508 g/mol. The standard InChI is InChI=1S/C29H25N5O4/c1-18(35)34-26-6-4-3-5-21(26)28(36)27(34)15-20-14-23(25-16-32(2)17-30-25)22-13-19(7-8-24(22)31-20)29(37)33-9-11-38-12-10-33/h3-8,13-17H,9-12H2,1-2H3/b27-15-. The summed E-state index contributed by atoms with van der Waals surface area (Å²) in [7, 11) is 1.88. The van der Waals surface area contributed by atoms with Crippen LogP contribution < -0.4 is 4.90 Å². The van der Waals surface area contributed by atoms with Crippen molar-refractivity contribution in [3.05, 3.63) is 83.6 Å². The summed E-state index contributed by atoms with van der Waals surface area (Å²) in [5.41, 5.74) is 4.49. The Bertz CT molecular complexity index is 1650. The van der Waals surface area contributed by atoms with Crippen molar-refractivity contribution < 1.29 is 19.1 Å². The molecule has 2 aromatic heterocycles. The number of morpholine rings is 1. The van der Waals surface area contributed by atoms with E-state index in [9.17, 15) is 14.4 Å². The highest BCUT2D eigenvalue weighted by molar-refractivity contribution is 6.26. The summed E-state index contributed by atoms with van der Waals surface area (Å²) in [6.07, 6.45) is 5.24. The number of nitrogens with zero attached hydrogens (tertiary/aromatic N) is 5. The van der Waals surface area contributed by atoms with E-state index in [1.165, 1.54) is 11.8 Å². The van der Waals surface area contributed by atoms with Gasteiger partial charge in [0.2, 0.25) is 11.7 Å². The highest BCUT2D eigenvalue weighted by Crippen LogP contribution is 2.36. The lowest BCUT2D eigenvalue weighted by Gasteiger charge is -2.27. The average Bonchev–Trinajstić information content (AvgIpc) is 3.49. The summed E-state index contributed by atoms with van der Waals surface area (Å²) in [5, 5.41) is 0.773. The molecule has 1 fully saturated rings. The zero-order valence-corrected chi connectivity index (χ0v) is 21.0. The minimum atomic E-state index is -0.258. The van der Waals surface area contributed by atoms with Crippen LogP contribution in [0.3, 0.4) is 0 Å². The molecule has 0 saturated carbocycles. The van der Waals surface area contributed by atoms with Gasteiger partial charge in [-0.3, -0.25) is 19.3 Å². The number of hydrogen-bond donors (Lipinski definition) is 0. The molecule has 2 aromatic carbocycles. The van der Waals surface area contributed by atoms with Crippen molar-refractivity contribution in [2.45, 2.75) is 6.92 Å². The number of carbonyl (C=O) groups excluding carboxylic acids is 3. The van der Waals surface area contributed by atoms with Gasteiger partial charge >= 0.3 is 0 Å². The van der Waals surface area contributed by atoms with Crippen molar-refractivity contribution in [3.8, 4) is 11.3 Å². The Labute approximate surface area is 219 Å². The molecule has 38 heavy (non-hydrogen) atoms. The topological polar surface area (TPSA) is 97.6 Å². The van der Waals surface area contributed by atoms with Crippen LogP contribution in [0.25, 0.3) is 28.2 Å². The third-order valence-electron chi connectivity index (χ3n) is 6.82. The lowest BCUT2D eigenvalue weighted by molar-refractivity contribution is -0.116. The molecule has 2 aliphatic rings. The molecule has 6 rings (SSSR count). The van der Waals surface area contributed by atoms with E-state index in [-0.39, 0.29) is 23.3 Å². The van der Waals surface area contributed by atoms with Crippen LogP contribution in [0.5, 0.6) is 0 Å². The van der Waals surface area contributed by atoms with Crippen LogP contribution in [-0.4, -0.2) is 63.3 Å². The first-order chi connectivity index (χ1) is 18.4. The third-order valence-corrected chi connectivity index (χ3v) is 6.82. The lowest BCUT2D eigenvalue weighted by atomic mass is 10.0. The van der Waals surface area contributed by atoms with Gasteiger partial charge in [0.15, 0.2) is 0 Å². The van der Waals surface area contributed by atoms with Crippen LogP contribution in [0.2, 0.25) is 0 Å². The monoisotopic (exact) mass is 507 g/mol. The van der Waals surface area contributed by atoms with Gasteiger partial charge in [-0.15, -0.1) is 0 Å². The van der Waals surface area contributed by atoms with Crippen molar-refractivity contribution >= 4 is 40.3 Å². The minimum Gasteiger partial charge on any atom is -0.378 e. The zero-order chi connectivity index (χ0) is 26.4. The number of fused-ring (bicyclic) bond motifs is 2. The number of amides is 2. The summed E-state index contributed by atoms with van der Waals surface area (Å²) in [5.74, 6) is -0.546. The van der Waals surface area contributed by atoms with E-state index in [0.29, 0.717) is 60.0 Å². The Morgan fingerprint density at radius 2 is 1.82 bits per heavy atom. The molecule has 0 N–H and O–H groups in total. The molecular weight excluding hydrogens is 482 g/mol. The third kappa shape index (κ3) is 4.06. The zero-order valence-electron chi connectivity index (χ0n) is 21.0. The van der Waals surface area contributed by atoms with E-state index in [1.807, 2.05) is 36.0 Å². The van der Waals surface area contributed by atoms with Crippen LogP contribution in [0.1, 0.15) is 33.3 Å². The molecule has 4 aromatic rings. The number of hydrogen-bond acceptors (Lipinski definition) is 6. The van der Waals surface area contributed by atoms with Crippen molar-refractivity contribution in [3.63, 3.8) is 0 Å². The summed E-state index contributed by atoms with van der Waals surface area (Å²) in [6.45, 7) is 3.59. The first kappa shape index (κ1) is 23.7. The maximum Gasteiger partial charge on any atom is 0.254 e. The number of aromatic nitrogens is 3. The Morgan fingerprint density at radius 1 is 1.03 bits per heavy atom. The molecule has 9 nitrogen and oxygen atoms in total. The molecule has 0 aliphatic carbocycles. The molecule has 9 heteroatoms. The van der Waals surface area contributed by atoms with Crippen LogP contribution in [0.4, 0.5) is 5.69 Å². The molecule has 0 atom stereocenters. The van der Waals surface area contributed by atoms with E-state index >= 15 is 0 Å². The number of rotatable bonds is 3. The van der Waals surface area contributed by atoms with Gasteiger partial charge in [-0.1, -0.05) is 12.1 Å². The maximum atomic E-state index is 13.3. The molecule has 0 bridgehead atoms. The highest BCUT2D eigenvalue weighted by Gasteiger charge is 2.34. The number of benzene rings is 2. The second kappa shape index (κ2) is 9.35. The van der Waals surface area contributed by atoms with Crippen LogP contribution in [0, 0.1) is 0 Å². The van der Waals surface area contributed by atoms with Gasteiger partial charge in [0.25, 0.3) is 5.91 Å². The smallest absolute Gasteiger partial charge is 0.254 e. The summed E-state index contributed by atoms with van der Waals surface area (Å²) >= 11 is 0. The predicted molar refractivity (Wildman–Crippen MR) is 143 cm³/mol. The van der Waals surface area contributed by atoms with Gasteiger partial charge in [0.1, 0.15) is 0 Å². The van der Waals surface area contributed by atoms with Gasteiger partial charge in [0, 0.05) is 55.3 Å². The quantitative estimate of drug-likeness (QED) is 0.392. The number of anilines is 1. The van der Waals surface area contributed by atoms with Gasteiger partial charge in [-0.2, -0.15) is 0 Å². The molecule has 1 saturated heterocycles. The largest absolute Gasteiger partial charge is 0.378 e. The Morgan fingerprint density at radius 3 is 2.55 bits per heavy atom. The number of ether oxygens (including phenoxy) is 1. The summed E-state index contributed by atoms with van der Waals surface area (Å²) in [4.78, 5) is 51.5. The molecule has 4 heterocycles. The van der Waals surface area contributed by atoms with Crippen LogP contribution in [0.15, 0.2) is 66.8 Å². The van der Waals surface area contributed by atoms with Gasteiger partial charge < -0.3 is 14.2 Å². The van der Waals surface area contributed by atoms with Crippen LogP contribution in [-0.2, 0) is 16.6 Å². The van der Waals surface area contributed by atoms with Crippen molar-refractivity contribution in [2.24, 2.45) is 7.05 Å². The Kier molecular flexibility index (Phi) is 5.84.